The van der Waals surface area contributed by atoms with Crippen LogP contribution in [0.15, 0.2) is 36.4 Å². The number of rotatable bonds is 10. The van der Waals surface area contributed by atoms with E-state index >= 15 is 0 Å². The van der Waals surface area contributed by atoms with Crippen molar-refractivity contribution in [1.29, 1.82) is 0 Å². The van der Waals surface area contributed by atoms with Crippen molar-refractivity contribution in [2.75, 3.05) is 7.11 Å². The van der Waals surface area contributed by atoms with E-state index in [1.807, 2.05) is 23.9 Å². The zero-order valence-corrected chi connectivity index (χ0v) is 21.3. The van der Waals surface area contributed by atoms with E-state index in [2.05, 4.69) is 26.8 Å². The quantitative estimate of drug-likeness (QED) is 0.491. The van der Waals surface area contributed by atoms with Gasteiger partial charge in [0, 0.05) is 0 Å². The summed E-state index contributed by atoms with van der Waals surface area (Å²) in [6.45, 7) is 6.51. The van der Waals surface area contributed by atoms with Gasteiger partial charge in [0.15, 0.2) is 0 Å². The first kappa shape index (κ1) is 23.7. The number of carbonyl (C=O) groups is 2. The van der Waals surface area contributed by atoms with Crippen molar-refractivity contribution in [2.24, 2.45) is 5.92 Å². The molecule has 5 nitrogen and oxygen atoms in total. The van der Waals surface area contributed by atoms with Gasteiger partial charge in [-0.05, 0) is 0 Å². The van der Waals surface area contributed by atoms with E-state index in [9.17, 15) is 9.59 Å². The van der Waals surface area contributed by atoms with Crippen molar-refractivity contribution in [3.05, 3.63) is 47.5 Å². The van der Waals surface area contributed by atoms with Crippen LogP contribution in [0, 0.1) is 5.92 Å². The topological polar surface area (TPSA) is 72.8 Å². The summed E-state index contributed by atoms with van der Waals surface area (Å²) in [5.74, 6) is 1.90. The number of methoxy groups -OCH3 is 1. The van der Waals surface area contributed by atoms with Gasteiger partial charge in [-0.3, -0.25) is 0 Å². The van der Waals surface area contributed by atoms with Gasteiger partial charge < -0.3 is 0 Å². The Hall–Kier alpha value is -1.91. The normalized spacial score (nSPS) is 14.1. The fourth-order valence-corrected chi connectivity index (χ4v) is 6.27. The number of thioether (sulfide) groups is 1. The van der Waals surface area contributed by atoms with Crippen LogP contribution < -0.4 is 13.8 Å². The van der Waals surface area contributed by atoms with Gasteiger partial charge in [-0.1, -0.05) is 0 Å². The minimum atomic E-state index is -0.896. The standard InChI is InChI=1S/C24H29AsO5S/c1-24(2,3)31-14-17-13-18(25-23(28)16-6-7-16)8-10-19(17)30-21-11-15(12-22(26)27)5-9-20(21)29-4/h5,8-11,13,16,25H,6-7,12,14H2,1-4H3,(H,26,27). The number of carbonyl (C=O) groups excluding carboxylic acids is 1. The molecule has 0 aliphatic heterocycles. The van der Waals surface area contributed by atoms with Crippen molar-refractivity contribution in [2.45, 2.75) is 50.5 Å². The molecule has 1 unspecified atom stereocenters. The summed E-state index contributed by atoms with van der Waals surface area (Å²) < 4.78 is 13.3. The van der Waals surface area contributed by atoms with Crippen LogP contribution in [0.5, 0.6) is 17.2 Å². The molecule has 0 heterocycles. The molecule has 3 rings (SSSR count). The van der Waals surface area contributed by atoms with Gasteiger partial charge >= 0.3 is 195 Å². The monoisotopic (exact) mass is 504 g/mol. The zero-order valence-electron chi connectivity index (χ0n) is 18.4. The second-order valence-corrected chi connectivity index (χ2v) is 13.2. The molecule has 1 N–H and O–H groups in total. The Kier molecular flexibility index (Phi) is 7.77. The first-order valence-electron chi connectivity index (χ1n) is 10.3. The summed E-state index contributed by atoms with van der Waals surface area (Å²) in [6.07, 6.45) is 2.01. The Bertz CT molecular complexity index is 963. The number of carboxylic acid groups (broad SMARTS) is 1. The van der Waals surface area contributed by atoms with Crippen molar-refractivity contribution in [3.63, 3.8) is 0 Å². The molecule has 7 heteroatoms. The van der Waals surface area contributed by atoms with Crippen LogP contribution in [0.1, 0.15) is 44.7 Å². The number of hydrogen-bond acceptors (Lipinski definition) is 5. The zero-order chi connectivity index (χ0) is 22.6. The SMILES string of the molecule is COc1ccc(CC(=O)O)cc1Oc1ccc([AsH]C(=O)C2CC2)cc1CSC(C)(C)C. The summed E-state index contributed by atoms with van der Waals surface area (Å²) in [5.41, 5.74) is 1.68. The van der Waals surface area contributed by atoms with Crippen molar-refractivity contribution in [3.8, 4) is 17.2 Å². The average molecular weight is 504 g/mol. The molecule has 0 bridgehead atoms. The van der Waals surface area contributed by atoms with Gasteiger partial charge in [-0.2, -0.15) is 0 Å². The summed E-state index contributed by atoms with van der Waals surface area (Å²) in [7, 11) is 1.56. The summed E-state index contributed by atoms with van der Waals surface area (Å²) >= 11 is 1.00. The van der Waals surface area contributed by atoms with E-state index in [1.54, 1.807) is 25.3 Å². The summed E-state index contributed by atoms with van der Waals surface area (Å²) in [6, 6.07) is 11.2. The molecule has 0 spiro atoms. The minimum absolute atomic E-state index is 0.0830. The molecule has 1 atom stereocenters. The van der Waals surface area contributed by atoms with Gasteiger partial charge in [-0.25, -0.2) is 0 Å². The van der Waals surface area contributed by atoms with Gasteiger partial charge in [0.2, 0.25) is 0 Å². The van der Waals surface area contributed by atoms with Crippen LogP contribution in [0.25, 0.3) is 0 Å². The van der Waals surface area contributed by atoms with Gasteiger partial charge in [-0.15, -0.1) is 0 Å². The Labute approximate surface area is 194 Å². The Morgan fingerprint density at radius 1 is 1.10 bits per heavy atom. The van der Waals surface area contributed by atoms with Gasteiger partial charge in [0.25, 0.3) is 0 Å². The maximum atomic E-state index is 12.3. The number of carboxylic acids is 1. The van der Waals surface area contributed by atoms with Crippen LogP contribution in [0.3, 0.4) is 0 Å². The van der Waals surface area contributed by atoms with Crippen LogP contribution in [-0.4, -0.2) is 43.3 Å². The number of benzene rings is 2. The third-order valence-corrected chi connectivity index (χ3v) is 8.69. The van der Waals surface area contributed by atoms with E-state index in [1.165, 1.54) is 0 Å². The van der Waals surface area contributed by atoms with E-state index in [-0.39, 0.29) is 11.2 Å². The number of ether oxygens (including phenoxy) is 2. The molecule has 1 aliphatic rings. The molecule has 1 saturated carbocycles. The van der Waals surface area contributed by atoms with Crippen LogP contribution >= 0.6 is 11.8 Å². The molecule has 31 heavy (non-hydrogen) atoms. The summed E-state index contributed by atoms with van der Waals surface area (Å²) in [4.78, 5) is 23.4. The molecule has 1 fully saturated rings. The van der Waals surface area contributed by atoms with Crippen molar-refractivity contribution >= 4 is 42.4 Å². The Balaban J connectivity index is 1.89. The van der Waals surface area contributed by atoms with Crippen molar-refractivity contribution < 1.29 is 24.2 Å². The third-order valence-electron chi connectivity index (χ3n) is 4.74. The van der Waals surface area contributed by atoms with Crippen LogP contribution in [-0.2, 0) is 21.8 Å². The number of hydrogen-bond donors (Lipinski definition) is 1. The van der Waals surface area contributed by atoms with E-state index in [4.69, 9.17) is 14.6 Å². The molecule has 1 aliphatic carbocycles. The van der Waals surface area contributed by atoms with Crippen molar-refractivity contribution in [1.82, 2.24) is 0 Å². The average Bonchev–Trinajstić information content (AvgIpc) is 3.52. The molecule has 0 saturated heterocycles. The molecule has 166 valence electrons. The molecular formula is C24H29AsO5S. The predicted molar refractivity (Wildman–Crippen MR) is 126 cm³/mol. The van der Waals surface area contributed by atoms with Gasteiger partial charge in [0.1, 0.15) is 0 Å². The Morgan fingerprint density at radius 2 is 1.81 bits per heavy atom. The van der Waals surface area contributed by atoms with Gasteiger partial charge in [0.05, 0.1) is 0 Å². The Morgan fingerprint density at radius 3 is 2.42 bits per heavy atom. The molecule has 0 radical (unpaired) electrons. The first-order valence-corrected chi connectivity index (χ1v) is 13.4. The molecule has 0 amide bonds. The number of aliphatic carboxylic acids is 1. The second-order valence-electron chi connectivity index (χ2n) is 8.64. The van der Waals surface area contributed by atoms with E-state index in [0.29, 0.717) is 33.3 Å². The summed E-state index contributed by atoms with van der Waals surface area (Å²) in [5, 5.41) is 9.11. The fraction of sp³-hybridized carbons (Fsp3) is 0.417. The van der Waals surface area contributed by atoms with Crippen LogP contribution in [0.2, 0.25) is 0 Å². The molecular weight excluding hydrogens is 475 g/mol. The van der Waals surface area contributed by atoms with E-state index < -0.39 is 21.7 Å². The van der Waals surface area contributed by atoms with Crippen LogP contribution in [0.4, 0.5) is 0 Å². The van der Waals surface area contributed by atoms with E-state index in [0.717, 1.165) is 28.5 Å². The molecule has 2 aromatic carbocycles. The third kappa shape index (κ3) is 7.32. The fourth-order valence-electron chi connectivity index (χ4n) is 2.96. The second kappa shape index (κ2) is 10.1. The predicted octanol–water partition coefficient (Wildman–Crippen LogP) is 4.14. The molecule has 2 aromatic rings. The molecule has 0 aromatic heterocycles. The maximum absolute atomic E-state index is 12.3. The first-order chi connectivity index (χ1) is 14.6.